The number of carbonyl (C=O) groups excluding carboxylic acids is 2. The highest BCUT2D eigenvalue weighted by atomic mass is 16.5. The van der Waals surface area contributed by atoms with Gasteiger partial charge in [0.2, 0.25) is 0 Å². The molecule has 6 nitrogen and oxygen atoms in total. The fourth-order valence-electron chi connectivity index (χ4n) is 3.76. The van der Waals surface area contributed by atoms with Crippen molar-refractivity contribution in [3.05, 3.63) is 114 Å². The van der Waals surface area contributed by atoms with Gasteiger partial charge < -0.3 is 14.7 Å². The van der Waals surface area contributed by atoms with Crippen LogP contribution in [0.1, 0.15) is 22.7 Å². The molecule has 0 bridgehead atoms. The van der Waals surface area contributed by atoms with Crippen LogP contribution < -0.4 is 4.74 Å². The number of aromatic nitrogens is 1. The van der Waals surface area contributed by atoms with Crippen LogP contribution in [0.4, 0.5) is 0 Å². The molecule has 6 heteroatoms. The van der Waals surface area contributed by atoms with Crippen LogP contribution in [0.2, 0.25) is 0 Å². The van der Waals surface area contributed by atoms with E-state index in [4.69, 9.17) is 4.74 Å². The van der Waals surface area contributed by atoms with Gasteiger partial charge in [-0.2, -0.15) is 0 Å². The van der Waals surface area contributed by atoms with E-state index in [0.29, 0.717) is 23.5 Å². The number of hydrogen-bond acceptors (Lipinski definition) is 5. The second-order valence-corrected chi connectivity index (χ2v) is 7.33. The maximum Gasteiger partial charge on any atom is 0.295 e. The van der Waals surface area contributed by atoms with Gasteiger partial charge in [-0.1, -0.05) is 61.2 Å². The number of carbonyl (C=O) groups is 2. The zero-order valence-electron chi connectivity index (χ0n) is 17.3. The summed E-state index contributed by atoms with van der Waals surface area (Å²) < 4.78 is 5.65. The highest BCUT2D eigenvalue weighted by Gasteiger charge is 2.46. The van der Waals surface area contributed by atoms with Crippen LogP contribution in [0.3, 0.4) is 0 Å². The summed E-state index contributed by atoms with van der Waals surface area (Å²) in [5.41, 5.74) is 1.95. The van der Waals surface area contributed by atoms with Gasteiger partial charge in [-0.25, -0.2) is 0 Å². The third kappa shape index (κ3) is 4.16. The molecule has 0 unspecified atom stereocenters. The largest absolute Gasteiger partial charge is 0.507 e. The molecule has 1 amide bonds. The van der Waals surface area contributed by atoms with Crippen molar-refractivity contribution in [1.29, 1.82) is 0 Å². The number of benzene rings is 2. The first-order chi connectivity index (χ1) is 15.6. The lowest BCUT2D eigenvalue weighted by Crippen LogP contribution is -2.29. The van der Waals surface area contributed by atoms with Crippen molar-refractivity contribution in [1.82, 2.24) is 9.88 Å². The van der Waals surface area contributed by atoms with Crippen LogP contribution in [-0.4, -0.2) is 33.3 Å². The molecule has 0 aliphatic carbocycles. The molecule has 1 saturated heterocycles. The number of pyridine rings is 1. The quantitative estimate of drug-likeness (QED) is 0.264. The number of aliphatic hydroxyl groups is 1. The van der Waals surface area contributed by atoms with E-state index in [1.165, 1.54) is 4.90 Å². The minimum atomic E-state index is -0.775. The van der Waals surface area contributed by atoms with Gasteiger partial charge in [0.25, 0.3) is 11.7 Å². The Morgan fingerprint density at radius 3 is 2.62 bits per heavy atom. The number of Topliss-reactive ketones (excluding diaryl/α,β-unsaturated/α-hetero) is 1. The number of ketones is 1. The standard InChI is InChI=1S/C26H22N2O4/c1-2-14-32-21-12-6-11-20(15-21)23-22(24(29)19-9-4-3-5-10-19)25(30)26(31)28(23)17-18-8-7-13-27-16-18/h2-13,15-16,23,29H,1,14,17H2/t23-/m0/s1. The zero-order valence-corrected chi connectivity index (χ0v) is 17.3. The molecule has 1 aromatic heterocycles. The minimum absolute atomic E-state index is 0.0472. The van der Waals surface area contributed by atoms with Crippen molar-refractivity contribution in [2.45, 2.75) is 12.6 Å². The Bertz CT molecular complexity index is 1170. The second kappa shape index (κ2) is 9.31. The van der Waals surface area contributed by atoms with Gasteiger partial charge in [-0.3, -0.25) is 14.6 Å². The topological polar surface area (TPSA) is 79.7 Å². The van der Waals surface area contributed by atoms with Gasteiger partial charge in [-0.15, -0.1) is 0 Å². The number of nitrogens with zero attached hydrogens (tertiary/aromatic N) is 2. The van der Waals surface area contributed by atoms with Gasteiger partial charge in [0.15, 0.2) is 0 Å². The van der Waals surface area contributed by atoms with Crippen LogP contribution in [0.5, 0.6) is 5.75 Å². The van der Waals surface area contributed by atoms with E-state index >= 15 is 0 Å². The summed E-state index contributed by atoms with van der Waals surface area (Å²) in [7, 11) is 0. The average Bonchev–Trinajstić information content (AvgIpc) is 3.08. The Morgan fingerprint density at radius 2 is 1.91 bits per heavy atom. The maximum atomic E-state index is 13.1. The Morgan fingerprint density at radius 1 is 1.09 bits per heavy atom. The van der Waals surface area contributed by atoms with E-state index < -0.39 is 17.7 Å². The predicted molar refractivity (Wildman–Crippen MR) is 121 cm³/mol. The minimum Gasteiger partial charge on any atom is -0.507 e. The predicted octanol–water partition coefficient (Wildman–Crippen LogP) is 4.27. The average molecular weight is 426 g/mol. The van der Waals surface area contributed by atoms with Crippen LogP contribution in [0, 0.1) is 0 Å². The molecule has 1 fully saturated rings. The number of amides is 1. The van der Waals surface area contributed by atoms with E-state index in [2.05, 4.69) is 11.6 Å². The summed E-state index contributed by atoms with van der Waals surface area (Å²) in [5, 5.41) is 11.1. The summed E-state index contributed by atoms with van der Waals surface area (Å²) in [6.45, 7) is 4.15. The van der Waals surface area contributed by atoms with Crippen molar-refractivity contribution in [3.8, 4) is 5.75 Å². The third-order valence-electron chi connectivity index (χ3n) is 5.20. The first-order valence-electron chi connectivity index (χ1n) is 10.2. The lowest BCUT2D eigenvalue weighted by atomic mass is 9.95. The molecular weight excluding hydrogens is 404 g/mol. The summed E-state index contributed by atoms with van der Waals surface area (Å²) in [6, 6.07) is 18.7. The molecule has 0 radical (unpaired) electrons. The van der Waals surface area contributed by atoms with E-state index in [-0.39, 0.29) is 17.9 Å². The van der Waals surface area contributed by atoms with Gasteiger partial charge in [0.1, 0.15) is 18.1 Å². The SMILES string of the molecule is C=CCOc1cccc([C@H]2C(=C(O)c3ccccc3)C(=O)C(=O)N2Cc2cccnc2)c1. The van der Waals surface area contributed by atoms with E-state index in [1.807, 2.05) is 18.2 Å². The van der Waals surface area contributed by atoms with Crippen molar-refractivity contribution in [2.75, 3.05) is 6.61 Å². The van der Waals surface area contributed by atoms with Gasteiger partial charge >= 0.3 is 0 Å². The highest BCUT2D eigenvalue weighted by molar-refractivity contribution is 6.46. The first-order valence-corrected chi connectivity index (χ1v) is 10.2. The molecule has 1 aliphatic heterocycles. The molecular formula is C26H22N2O4. The van der Waals surface area contributed by atoms with Gasteiger partial charge in [0, 0.05) is 24.5 Å². The van der Waals surface area contributed by atoms with Gasteiger partial charge in [0.05, 0.1) is 11.6 Å². The van der Waals surface area contributed by atoms with Crippen molar-refractivity contribution >= 4 is 17.4 Å². The van der Waals surface area contributed by atoms with Crippen LogP contribution in [-0.2, 0) is 16.1 Å². The van der Waals surface area contributed by atoms with Crippen LogP contribution in [0.15, 0.2) is 97.4 Å². The van der Waals surface area contributed by atoms with E-state index in [9.17, 15) is 14.7 Å². The Labute approximate surface area is 186 Å². The number of aliphatic hydroxyl groups excluding tert-OH is 1. The molecule has 2 heterocycles. The molecule has 1 aliphatic rings. The highest BCUT2D eigenvalue weighted by Crippen LogP contribution is 2.41. The van der Waals surface area contributed by atoms with Crippen LogP contribution >= 0.6 is 0 Å². The molecule has 3 aromatic rings. The van der Waals surface area contributed by atoms with Gasteiger partial charge in [-0.05, 0) is 29.3 Å². The normalized spacial score (nSPS) is 17.4. The fraction of sp³-hybridized carbons (Fsp3) is 0.115. The monoisotopic (exact) mass is 426 g/mol. The third-order valence-corrected chi connectivity index (χ3v) is 5.20. The van der Waals surface area contributed by atoms with E-state index in [1.54, 1.807) is 67.0 Å². The molecule has 0 spiro atoms. The molecule has 32 heavy (non-hydrogen) atoms. The first kappa shape index (κ1) is 21.1. The maximum absolute atomic E-state index is 13.1. The summed E-state index contributed by atoms with van der Waals surface area (Å²) in [6.07, 6.45) is 4.93. The fourth-order valence-corrected chi connectivity index (χ4v) is 3.76. The van der Waals surface area contributed by atoms with Crippen molar-refractivity contribution in [3.63, 3.8) is 0 Å². The van der Waals surface area contributed by atoms with E-state index in [0.717, 1.165) is 5.56 Å². The smallest absolute Gasteiger partial charge is 0.295 e. The lowest BCUT2D eigenvalue weighted by Gasteiger charge is -2.25. The Hall–Kier alpha value is -4.19. The molecule has 0 saturated carbocycles. The zero-order chi connectivity index (χ0) is 22.5. The molecule has 4 rings (SSSR count). The number of ether oxygens (including phenoxy) is 1. The van der Waals surface area contributed by atoms with Crippen LogP contribution in [0.25, 0.3) is 5.76 Å². The number of hydrogen-bond donors (Lipinski definition) is 1. The number of likely N-dealkylation sites (tertiary alicyclic amines) is 1. The molecule has 160 valence electrons. The lowest BCUT2D eigenvalue weighted by molar-refractivity contribution is -0.140. The Kier molecular flexibility index (Phi) is 6.12. The van der Waals surface area contributed by atoms with Crippen molar-refractivity contribution < 1.29 is 19.4 Å². The molecule has 1 N–H and O–H groups in total. The second-order valence-electron chi connectivity index (χ2n) is 7.33. The molecule has 1 atom stereocenters. The van der Waals surface area contributed by atoms with Crippen molar-refractivity contribution in [2.24, 2.45) is 0 Å². The summed E-state index contributed by atoms with van der Waals surface area (Å²) in [4.78, 5) is 31.7. The molecule has 2 aromatic carbocycles. The number of rotatable bonds is 7. The Balaban J connectivity index is 1.84. The summed E-state index contributed by atoms with van der Waals surface area (Å²) >= 11 is 0. The summed E-state index contributed by atoms with van der Waals surface area (Å²) in [5.74, 6) is -1.03.